The van der Waals surface area contributed by atoms with Crippen LogP contribution in [-0.2, 0) is 4.79 Å². The van der Waals surface area contributed by atoms with Crippen LogP contribution in [0.3, 0.4) is 0 Å². The number of hydrogen-bond acceptors (Lipinski definition) is 2. The summed E-state index contributed by atoms with van der Waals surface area (Å²) in [6.45, 7) is 5.76. The highest BCUT2D eigenvalue weighted by atomic mass is 32.1. The van der Waals surface area contributed by atoms with Crippen LogP contribution in [0, 0.1) is 19.7 Å². The van der Waals surface area contributed by atoms with E-state index in [0.717, 1.165) is 22.4 Å². The molecule has 3 N–H and O–H groups in total. The van der Waals surface area contributed by atoms with Gasteiger partial charge in [0, 0.05) is 11.4 Å². The Bertz CT molecular complexity index is 906. The molecule has 0 fully saturated rings. The molecule has 1 aliphatic rings. The second-order valence-corrected chi connectivity index (χ2v) is 6.80. The lowest BCUT2D eigenvalue weighted by molar-refractivity contribution is -0.113. The van der Waals surface area contributed by atoms with Gasteiger partial charge in [0.15, 0.2) is 5.11 Å². The summed E-state index contributed by atoms with van der Waals surface area (Å²) in [5.41, 5.74) is 4.83. The van der Waals surface area contributed by atoms with Gasteiger partial charge in [0.2, 0.25) is 0 Å². The molecule has 0 saturated heterocycles. The average molecular weight is 369 g/mol. The molecule has 0 aromatic heterocycles. The van der Waals surface area contributed by atoms with Crippen molar-refractivity contribution in [2.75, 3.05) is 5.32 Å². The number of rotatable bonds is 3. The third-order valence-corrected chi connectivity index (χ3v) is 4.57. The van der Waals surface area contributed by atoms with E-state index < -0.39 is 6.04 Å². The molecule has 134 valence electrons. The van der Waals surface area contributed by atoms with E-state index in [0.29, 0.717) is 16.4 Å². The molecular weight excluding hydrogens is 349 g/mol. The molecule has 26 heavy (non-hydrogen) atoms. The van der Waals surface area contributed by atoms with Crippen LogP contribution in [-0.4, -0.2) is 11.0 Å². The molecule has 4 nitrogen and oxygen atoms in total. The fraction of sp³-hybridized carbons (Fsp3) is 0.200. The van der Waals surface area contributed by atoms with Gasteiger partial charge in [0.05, 0.1) is 11.6 Å². The summed E-state index contributed by atoms with van der Waals surface area (Å²) in [7, 11) is 0. The summed E-state index contributed by atoms with van der Waals surface area (Å²) in [4.78, 5) is 13.0. The maximum Gasteiger partial charge on any atom is 0.255 e. The van der Waals surface area contributed by atoms with E-state index in [4.69, 9.17) is 12.2 Å². The second-order valence-electron chi connectivity index (χ2n) is 6.39. The Morgan fingerprint density at radius 1 is 1.12 bits per heavy atom. The molecule has 1 unspecified atom stereocenters. The molecule has 1 atom stereocenters. The van der Waals surface area contributed by atoms with Gasteiger partial charge in [-0.25, -0.2) is 4.39 Å². The van der Waals surface area contributed by atoms with E-state index in [1.165, 1.54) is 12.1 Å². The van der Waals surface area contributed by atoms with Gasteiger partial charge >= 0.3 is 0 Å². The largest absolute Gasteiger partial charge is 0.351 e. The van der Waals surface area contributed by atoms with Crippen molar-refractivity contribution in [3.05, 3.63) is 76.2 Å². The van der Waals surface area contributed by atoms with Gasteiger partial charge in [-0.1, -0.05) is 29.8 Å². The molecular formula is C20H20FN3OS. The lowest BCUT2D eigenvalue weighted by atomic mass is 9.94. The third kappa shape index (κ3) is 3.75. The average Bonchev–Trinajstić information content (AvgIpc) is 2.57. The van der Waals surface area contributed by atoms with E-state index in [-0.39, 0.29) is 11.7 Å². The molecule has 0 spiro atoms. The van der Waals surface area contributed by atoms with E-state index in [9.17, 15) is 9.18 Å². The van der Waals surface area contributed by atoms with Crippen molar-refractivity contribution < 1.29 is 9.18 Å². The number of nitrogens with one attached hydrogen (secondary N) is 3. The highest BCUT2D eigenvalue weighted by Crippen LogP contribution is 2.28. The summed E-state index contributed by atoms with van der Waals surface area (Å²) < 4.78 is 13.3. The highest BCUT2D eigenvalue weighted by Gasteiger charge is 2.30. The van der Waals surface area contributed by atoms with Crippen molar-refractivity contribution in [1.82, 2.24) is 10.6 Å². The van der Waals surface area contributed by atoms with E-state index >= 15 is 0 Å². The van der Waals surface area contributed by atoms with Crippen LogP contribution in [0.15, 0.2) is 53.7 Å². The Balaban J connectivity index is 1.95. The monoisotopic (exact) mass is 369 g/mol. The van der Waals surface area contributed by atoms with Crippen molar-refractivity contribution in [2.45, 2.75) is 26.8 Å². The van der Waals surface area contributed by atoms with Crippen LogP contribution in [0.25, 0.3) is 0 Å². The molecule has 6 heteroatoms. The molecule has 2 aromatic carbocycles. The smallest absolute Gasteiger partial charge is 0.255 e. The lowest BCUT2D eigenvalue weighted by Gasteiger charge is -2.30. The number of carbonyl (C=O) groups excluding carboxylic acids is 1. The number of amides is 1. The number of aryl methyl sites for hydroxylation is 2. The molecule has 1 aliphatic heterocycles. The Hall–Kier alpha value is -2.73. The minimum atomic E-state index is -0.449. The summed E-state index contributed by atoms with van der Waals surface area (Å²) in [6.07, 6.45) is 0. The van der Waals surface area contributed by atoms with Crippen molar-refractivity contribution in [1.29, 1.82) is 0 Å². The molecule has 0 bridgehead atoms. The standard InChI is InChI=1S/C20H20FN3OS/c1-11-4-9-16(12(2)10-11)23-19(25)17-13(3)22-20(26)24-18(17)14-5-7-15(21)8-6-14/h4-10,18H,1-3H3,(H,23,25)(H2,22,24,26). The van der Waals surface area contributed by atoms with Crippen LogP contribution in [0.2, 0.25) is 0 Å². The van der Waals surface area contributed by atoms with Gasteiger partial charge in [-0.15, -0.1) is 0 Å². The van der Waals surface area contributed by atoms with E-state index in [1.54, 1.807) is 19.1 Å². The van der Waals surface area contributed by atoms with Crippen molar-refractivity contribution in [3.8, 4) is 0 Å². The van der Waals surface area contributed by atoms with Gasteiger partial charge in [-0.05, 0) is 62.3 Å². The zero-order valence-corrected chi connectivity index (χ0v) is 15.6. The molecule has 0 radical (unpaired) electrons. The first-order valence-corrected chi connectivity index (χ1v) is 8.68. The number of halogens is 1. The van der Waals surface area contributed by atoms with Crippen LogP contribution >= 0.6 is 12.2 Å². The first-order valence-electron chi connectivity index (χ1n) is 8.27. The van der Waals surface area contributed by atoms with Gasteiger partial charge < -0.3 is 16.0 Å². The van der Waals surface area contributed by atoms with Crippen molar-refractivity contribution in [3.63, 3.8) is 0 Å². The number of thiocarbonyl (C=S) groups is 1. The quantitative estimate of drug-likeness (QED) is 0.719. The first-order chi connectivity index (χ1) is 12.3. The fourth-order valence-corrected chi connectivity index (χ4v) is 3.31. The minimum Gasteiger partial charge on any atom is -0.351 e. The van der Waals surface area contributed by atoms with E-state index in [1.807, 2.05) is 32.0 Å². The maximum absolute atomic E-state index is 13.3. The van der Waals surface area contributed by atoms with Gasteiger partial charge in [0.25, 0.3) is 5.91 Å². The van der Waals surface area contributed by atoms with Crippen LogP contribution in [0.4, 0.5) is 10.1 Å². The summed E-state index contributed by atoms with van der Waals surface area (Å²) in [6, 6.07) is 11.5. The Labute approximate surface area is 157 Å². The minimum absolute atomic E-state index is 0.230. The predicted molar refractivity (Wildman–Crippen MR) is 105 cm³/mol. The Morgan fingerprint density at radius 3 is 2.46 bits per heavy atom. The van der Waals surface area contributed by atoms with E-state index in [2.05, 4.69) is 16.0 Å². The number of carbonyl (C=O) groups is 1. The topological polar surface area (TPSA) is 53.2 Å². The molecule has 1 heterocycles. The SMILES string of the molecule is CC1=C(C(=O)Nc2ccc(C)cc2C)C(c2ccc(F)cc2)NC(=S)N1. The zero-order chi connectivity index (χ0) is 18.8. The van der Waals surface area contributed by atoms with Gasteiger partial charge in [-0.2, -0.15) is 0 Å². The highest BCUT2D eigenvalue weighted by molar-refractivity contribution is 7.80. The fourth-order valence-electron chi connectivity index (χ4n) is 3.04. The number of benzene rings is 2. The molecule has 1 amide bonds. The Morgan fingerprint density at radius 2 is 1.81 bits per heavy atom. The summed E-state index contributed by atoms with van der Waals surface area (Å²) >= 11 is 5.23. The second kappa shape index (κ2) is 7.25. The van der Waals surface area contributed by atoms with Gasteiger partial charge in [0.1, 0.15) is 5.82 Å². The number of allylic oxidation sites excluding steroid dienone is 1. The van der Waals surface area contributed by atoms with Crippen LogP contribution in [0.1, 0.15) is 29.7 Å². The first kappa shape index (κ1) is 18.1. The van der Waals surface area contributed by atoms with Crippen LogP contribution in [0.5, 0.6) is 0 Å². The Kier molecular flexibility index (Phi) is 5.04. The molecule has 0 aliphatic carbocycles. The zero-order valence-electron chi connectivity index (χ0n) is 14.8. The van der Waals surface area contributed by atoms with Gasteiger partial charge in [-0.3, -0.25) is 4.79 Å². The summed E-state index contributed by atoms with van der Waals surface area (Å²) in [5.74, 6) is -0.557. The number of hydrogen-bond donors (Lipinski definition) is 3. The van der Waals surface area contributed by atoms with Crippen LogP contribution < -0.4 is 16.0 Å². The van der Waals surface area contributed by atoms with Crippen molar-refractivity contribution in [2.24, 2.45) is 0 Å². The lowest BCUT2D eigenvalue weighted by Crippen LogP contribution is -2.45. The normalized spacial score (nSPS) is 16.8. The number of anilines is 1. The third-order valence-electron chi connectivity index (χ3n) is 4.35. The van der Waals surface area contributed by atoms with Crippen molar-refractivity contribution >= 4 is 28.9 Å². The maximum atomic E-state index is 13.3. The predicted octanol–water partition coefficient (Wildman–Crippen LogP) is 3.87. The molecule has 3 rings (SSSR count). The molecule has 0 saturated carbocycles. The molecule has 2 aromatic rings. The summed E-state index contributed by atoms with van der Waals surface area (Å²) in [5, 5.41) is 9.50.